The van der Waals surface area contributed by atoms with Crippen molar-refractivity contribution in [2.24, 2.45) is 11.0 Å². The van der Waals surface area contributed by atoms with Crippen LogP contribution in [-0.4, -0.2) is 56.9 Å². The molecule has 17 heteroatoms. The van der Waals surface area contributed by atoms with Crippen LogP contribution in [0.25, 0.3) is 21.6 Å². The highest BCUT2D eigenvalue weighted by Crippen LogP contribution is 2.46. The predicted molar refractivity (Wildman–Crippen MR) is 143 cm³/mol. The third kappa shape index (κ3) is 6.61. The highest BCUT2D eigenvalue weighted by Gasteiger charge is 2.41. The summed E-state index contributed by atoms with van der Waals surface area (Å²) in [5.74, 6) is -0.803. The van der Waals surface area contributed by atoms with Crippen LogP contribution in [0, 0.1) is 5.92 Å². The maximum Gasteiger partial charge on any atom is 0.459 e. The van der Waals surface area contributed by atoms with Gasteiger partial charge in [-0.2, -0.15) is 10.1 Å². The molecule has 4 rings (SSSR count). The average Bonchev–Trinajstić information content (AvgIpc) is 3.51. The van der Waals surface area contributed by atoms with Crippen LogP contribution in [0.3, 0.4) is 0 Å². The molecule has 5 atom stereocenters. The number of fused-ring (bicyclic) bond motifs is 1. The molecule has 3 heterocycles. The molecule has 40 heavy (non-hydrogen) atoms. The van der Waals surface area contributed by atoms with Gasteiger partial charge in [-0.25, -0.2) is 9.55 Å². The molecule has 0 bridgehead atoms. The summed E-state index contributed by atoms with van der Waals surface area (Å²) in [6.07, 6.45) is -0.0992. The Balaban J connectivity index is 1.58. The Morgan fingerprint density at radius 1 is 1.40 bits per heavy atom. The minimum atomic E-state index is -4.22. The van der Waals surface area contributed by atoms with Crippen LogP contribution in [0.2, 0.25) is 0 Å². The number of hydrogen-bond donors (Lipinski definition) is 3. The van der Waals surface area contributed by atoms with Gasteiger partial charge in [-0.3, -0.25) is 23.7 Å². The lowest BCUT2D eigenvalue weighted by Gasteiger charge is -2.27. The number of benzene rings is 1. The minimum absolute atomic E-state index is 0.0569. The Morgan fingerprint density at radius 3 is 2.83 bits per heavy atom. The molecule has 0 saturated carbocycles. The Hall–Kier alpha value is -3.94. The van der Waals surface area contributed by atoms with Crippen molar-refractivity contribution < 1.29 is 27.9 Å². The molecule has 0 amide bonds. The minimum Gasteiger partial charge on any atom is -0.465 e. The van der Waals surface area contributed by atoms with Crippen molar-refractivity contribution in [1.29, 1.82) is 0 Å². The average molecular weight is 576 g/mol. The number of para-hydroxylation sites is 1. The number of nitrogen functional groups attached to an aromatic ring is 1. The molecule has 1 fully saturated rings. The van der Waals surface area contributed by atoms with Gasteiger partial charge in [0.25, 0.3) is 5.56 Å². The molecular formula is C23H30N9O7P. The van der Waals surface area contributed by atoms with Gasteiger partial charge in [-0.05, 0) is 30.5 Å². The second-order valence-corrected chi connectivity index (χ2v) is 10.9. The number of ether oxygens (including phenoxy) is 2. The number of nitrogens with two attached hydrogens (primary N) is 1. The standard InChI is InChI=1S/C23H30N9O7P/c1-4-36-22(34)18(13(2)3)30-40(35,39-14-8-6-5-7-9-14)37-11-16-15(29-31-25)10-17(38-16)32-12-26-19-20(32)27-23(24)28-21(19)33/h5-9,12-13,15-18H,4,10-11H2,1-3H3,(H,30,35)(H3,24,27,28,33)/t15?,16-,17-,18-,40?/m1/s1. The smallest absolute Gasteiger partial charge is 0.459 e. The van der Waals surface area contributed by atoms with Crippen LogP contribution >= 0.6 is 7.75 Å². The van der Waals surface area contributed by atoms with E-state index in [1.54, 1.807) is 51.1 Å². The highest BCUT2D eigenvalue weighted by atomic mass is 31.2. The number of nitrogens with one attached hydrogen (secondary N) is 2. The van der Waals surface area contributed by atoms with Crippen molar-refractivity contribution in [3.63, 3.8) is 0 Å². The molecule has 1 saturated heterocycles. The molecule has 1 aliphatic heterocycles. The molecule has 1 aliphatic rings. The highest BCUT2D eigenvalue weighted by molar-refractivity contribution is 7.52. The van der Waals surface area contributed by atoms with Crippen molar-refractivity contribution in [3.8, 4) is 5.75 Å². The number of azide groups is 1. The van der Waals surface area contributed by atoms with E-state index in [9.17, 15) is 14.2 Å². The van der Waals surface area contributed by atoms with Crippen molar-refractivity contribution in [2.45, 2.75) is 51.6 Å². The summed E-state index contributed by atoms with van der Waals surface area (Å²) in [5.41, 5.74) is 14.6. The predicted octanol–water partition coefficient (Wildman–Crippen LogP) is 3.05. The summed E-state index contributed by atoms with van der Waals surface area (Å²) in [7, 11) is -4.22. The van der Waals surface area contributed by atoms with Gasteiger partial charge in [0.05, 0.1) is 31.7 Å². The molecule has 0 radical (unpaired) electrons. The summed E-state index contributed by atoms with van der Waals surface area (Å²) >= 11 is 0. The number of carbonyl (C=O) groups is 1. The molecule has 0 spiro atoms. The fraction of sp³-hybridized carbons (Fsp3) is 0.478. The zero-order valence-corrected chi connectivity index (χ0v) is 22.9. The maximum absolute atomic E-state index is 14.0. The van der Waals surface area contributed by atoms with Gasteiger partial charge in [0, 0.05) is 11.3 Å². The number of aromatic amines is 1. The number of anilines is 1. The molecular weight excluding hydrogens is 545 g/mol. The molecule has 16 nitrogen and oxygen atoms in total. The first-order valence-electron chi connectivity index (χ1n) is 12.5. The summed E-state index contributed by atoms with van der Waals surface area (Å²) in [6.45, 7) is 4.97. The van der Waals surface area contributed by atoms with Gasteiger partial charge < -0.3 is 19.7 Å². The van der Waals surface area contributed by atoms with Crippen LogP contribution < -0.4 is 20.9 Å². The third-order valence-electron chi connectivity index (χ3n) is 6.05. The van der Waals surface area contributed by atoms with Crippen molar-refractivity contribution in [2.75, 3.05) is 18.9 Å². The summed E-state index contributed by atoms with van der Waals surface area (Å²) in [5, 5.41) is 6.52. The van der Waals surface area contributed by atoms with Gasteiger partial charge in [-0.15, -0.1) is 0 Å². The maximum atomic E-state index is 14.0. The molecule has 1 aromatic carbocycles. The van der Waals surface area contributed by atoms with Crippen LogP contribution in [0.5, 0.6) is 5.75 Å². The normalized spacial score (nSPS) is 21.1. The largest absolute Gasteiger partial charge is 0.465 e. The number of H-pyrrole nitrogens is 1. The Morgan fingerprint density at radius 2 is 2.15 bits per heavy atom. The zero-order valence-electron chi connectivity index (χ0n) is 22.0. The van der Waals surface area contributed by atoms with E-state index in [1.807, 2.05) is 0 Å². The zero-order chi connectivity index (χ0) is 28.9. The van der Waals surface area contributed by atoms with E-state index >= 15 is 0 Å². The van der Waals surface area contributed by atoms with Gasteiger partial charge in [0.2, 0.25) is 5.95 Å². The van der Waals surface area contributed by atoms with E-state index in [0.717, 1.165) is 0 Å². The monoisotopic (exact) mass is 575 g/mol. The van der Waals surface area contributed by atoms with Crippen molar-refractivity contribution in [1.82, 2.24) is 24.6 Å². The van der Waals surface area contributed by atoms with Gasteiger partial charge in [0.1, 0.15) is 18.0 Å². The topological polar surface area (TPSA) is 221 Å². The number of hydrogen-bond acceptors (Lipinski definition) is 11. The Labute approximate surface area is 228 Å². The van der Waals surface area contributed by atoms with E-state index in [-0.39, 0.29) is 48.4 Å². The first kappa shape index (κ1) is 29.1. The third-order valence-corrected chi connectivity index (χ3v) is 7.58. The first-order chi connectivity index (χ1) is 19.1. The number of esters is 1. The number of carbonyl (C=O) groups excluding carboxylic acids is 1. The molecule has 2 aromatic heterocycles. The van der Waals surface area contributed by atoms with E-state index in [1.165, 1.54) is 10.9 Å². The number of rotatable bonds is 12. The van der Waals surface area contributed by atoms with Crippen LogP contribution in [0.1, 0.15) is 33.4 Å². The summed E-state index contributed by atoms with van der Waals surface area (Å²) in [6, 6.07) is 6.55. The number of imidazole rings is 1. The number of aromatic nitrogens is 4. The lowest BCUT2D eigenvalue weighted by atomic mass is 10.1. The first-order valence-corrected chi connectivity index (χ1v) is 14.0. The molecule has 4 N–H and O–H groups in total. The fourth-order valence-electron chi connectivity index (χ4n) is 4.14. The summed E-state index contributed by atoms with van der Waals surface area (Å²) < 4.78 is 38.2. The van der Waals surface area contributed by atoms with E-state index in [4.69, 9.17) is 29.8 Å². The van der Waals surface area contributed by atoms with E-state index in [0.29, 0.717) is 0 Å². The summed E-state index contributed by atoms with van der Waals surface area (Å²) in [4.78, 5) is 38.3. The van der Waals surface area contributed by atoms with Crippen molar-refractivity contribution in [3.05, 3.63) is 57.5 Å². The lowest BCUT2D eigenvalue weighted by molar-refractivity contribution is -0.146. The molecule has 214 valence electrons. The second-order valence-electron chi connectivity index (χ2n) is 9.21. The Bertz CT molecular complexity index is 1490. The van der Waals surface area contributed by atoms with Crippen LogP contribution in [-0.2, 0) is 23.4 Å². The SMILES string of the molecule is CCOC(=O)[C@H](NP(=O)(OC[C@H]1O[C@@H](n2cnc3c(=O)[nH]c(N)nc32)CC1N=[N+]=[N-])Oc1ccccc1)C(C)C. The molecule has 2 unspecified atom stereocenters. The lowest BCUT2D eigenvalue weighted by Crippen LogP contribution is -2.42. The number of nitrogens with zero attached hydrogens (tertiary/aromatic N) is 6. The van der Waals surface area contributed by atoms with Gasteiger partial charge in [0.15, 0.2) is 11.2 Å². The fourth-order valence-corrected chi connectivity index (χ4v) is 5.80. The quantitative estimate of drug-likeness (QED) is 0.0936. The van der Waals surface area contributed by atoms with Crippen LogP contribution in [0.15, 0.2) is 46.6 Å². The Kier molecular flexibility index (Phi) is 9.07. The molecule has 3 aromatic rings. The second kappa shape index (κ2) is 12.5. The van der Waals surface area contributed by atoms with Crippen LogP contribution in [0.4, 0.5) is 5.95 Å². The van der Waals surface area contributed by atoms with E-state index in [2.05, 4.69) is 30.1 Å². The van der Waals surface area contributed by atoms with Gasteiger partial charge in [-0.1, -0.05) is 37.2 Å². The molecule has 0 aliphatic carbocycles. The van der Waals surface area contributed by atoms with Gasteiger partial charge >= 0.3 is 13.7 Å². The van der Waals surface area contributed by atoms with Crippen molar-refractivity contribution >= 4 is 30.8 Å². The van der Waals surface area contributed by atoms with E-state index < -0.39 is 43.7 Å².